The highest BCUT2D eigenvalue weighted by Gasteiger charge is 2.45. The second-order valence-electron chi connectivity index (χ2n) is 9.47. The molecule has 41 heavy (non-hydrogen) atoms. The molecule has 0 bridgehead atoms. The lowest BCUT2D eigenvalue weighted by Gasteiger charge is -2.43. The highest BCUT2D eigenvalue weighted by molar-refractivity contribution is 7.19. The molecule has 2 unspecified atom stereocenters. The summed E-state index contributed by atoms with van der Waals surface area (Å²) in [5.74, 6) is -2.07. The van der Waals surface area contributed by atoms with E-state index in [1.165, 1.54) is 65.7 Å². The highest BCUT2D eigenvalue weighted by Crippen LogP contribution is 2.44. The van der Waals surface area contributed by atoms with Crippen LogP contribution in [-0.4, -0.2) is 87.9 Å². The van der Waals surface area contributed by atoms with Crippen LogP contribution >= 0.6 is 11.3 Å². The molecule has 0 aliphatic carbocycles. The summed E-state index contributed by atoms with van der Waals surface area (Å²) < 4.78 is 31.8. The number of anilines is 1. The number of aromatic nitrogens is 3. The lowest BCUT2D eigenvalue weighted by Crippen LogP contribution is -2.60. The number of hydrogen-bond donors (Lipinski definition) is 2. The lowest BCUT2D eigenvalue weighted by molar-refractivity contribution is -0.145. The molecule has 3 atom stereocenters. The maximum absolute atomic E-state index is 14.5. The minimum absolute atomic E-state index is 0.0784. The van der Waals surface area contributed by atoms with E-state index in [0.29, 0.717) is 33.5 Å². The van der Waals surface area contributed by atoms with Gasteiger partial charge in [-0.3, -0.25) is 9.69 Å². The van der Waals surface area contributed by atoms with Crippen molar-refractivity contribution in [2.24, 2.45) is 0 Å². The Labute approximate surface area is 240 Å². The van der Waals surface area contributed by atoms with Gasteiger partial charge in [-0.2, -0.15) is 10.2 Å². The van der Waals surface area contributed by atoms with E-state index in [9.17, 15) is 24.2 Å². The molecule has 1 amide bonds. The molecule has 0 spiro atoms. The van der Waals surface area contributed by atoms with Crippen LogP contribution in [0.1, 0.15) is 54.3 Å². The smallest absolute Gasteiger partial charge is 0.326 e. The minimum Gasteiger partial charge on any atom is -0.496 e. The number of nitrogens with zero attached hydrogens (tertiary/aromatic N) is 5. The van der Waals surface area contributed by atoms with Crippen molar-refractivity contribution in [3.05, 3.63) is 53.1 Å². The topological polar surface area (TPSA) is 139 Å². The Bertz CT molecular complexity index is 1350. The first kappa shape index (κ1) is 30.4. The molecule has 2 aromatic heterocycles. The monoisotopic (exact) mass is 591 g/mol. The molecule has 0 radical (unpaired) electrons. The van der Waals surface area contributed by atoms with Crippen LogP contribution in [0.3, 0.4) is 0 Å². The molecule has 1 aliphatic heterocycles. The number of fused-ring (bicyclic) bond motifs is 1. The van der Waals surface area contributed by atoms with Crippen LogP contribution in [-0.2, 0) is 14.3 Å². The molecule has 0 saturated heterocycles. The van der Waals surface area contributed by atoms with Crippen LogP contribution in [0.4, 0.5) is 9.39 Å². The number of carbonyl (C=O) groups is 2. The molecular formula is C27H34FN5O7S. The number of halogens is 1. The third-order valence-electron chi connectivity index (χ3n) is 6.80. The van der Waals surface area contributed by atoms with Crippen LogP contribution in [0.25, 0.3) is 5.00 Å². The fraction of sp³-hybridized carbons (Fsp3) is 0.481. The molecule has 222 valence electrons. The van der Waals surface area contributed by atoms with Crippen molar-refractivity contribution in [2.75, 3.05) is 38.4 Å². The summed E-state index contributed by atoms with van der Waals surface area (Å²) in [6, 6.07) is 2.69. The molecule has 3 heterocycles. The number of hydrogen-bond acceptors (Lipinski definition) is 10. The molecule has 2 N–H and O–H groups in total. The summed E-state index contributed by atoms with van der Waals surface area (Å²) in [4.78, 5) is 29.3. The van der Waals surface area contributed by atoms with Crippen molar-refractivity contribution in [3.8, 4) is 10.8 Å². The van der Waals surface area contributed by atoms with Gasteiger partial charge in [0, 0.05) is 17.7 Å². The predicted octanol–water partition coefficient (Wildman–Crippen LogP) is 3.37. The fourth-order valence-electron chi connectivity index (χ4n) is 4.59. The number of aliphatic hydroxyl groups excluding tert-OH is 1. The van der Waals surface area contributed by atoms with Gasteiger partial charge in [0.05, 0.1) is 44.8 Å². The first-order valence-electron chi connectivity index (χ1n) is 13.2. The number of aliphatic hydroxyl groups is 1. The van der Waals surface area contributed by atoms with E-state index in [1.54, 1.807) is 6.92 Å². The number of benzene rings is 1. The molecular weight excluding hydrogens is 557 g/mol. The van der Waals surface area contributed by atoms with Crippen molar-refractivity contribution in [3.63, 3.8) is 0 Å². The van der Waals surface area contributed by atoms with Gasteiger partial charge < -0.3 is 29.3 Å². The summed E-state index contributed by atoms with van der Waals surface area (Å²) in [5, 5.41) is 30.5. The zero-order valence-corrected chi connectivity index (χ0v) is 24.1. The van der Waals surface area contributed by atoms with Crippen LogP contribution in [0.2, 0.25) is 0 Å². The number of rotatable bonds is 14. The molecule has 0 saturated carbocycles. The molecule has 0 fully saturated rings. The Balaban J connectivity index is 1.76. The average molecular weight is 592 g/mol. The van der Waals surface area contributed by atoms with Crippen molar-refractivity contribution in [1.82, 2.24) is 19.9 Å². The SMILES string of the molecule is CCCCOCCO[C@@H](CN1c2sc(-n3nccn3)c(C)c2C(=O)N(C(C)C(=O)O)C1O)c1cc(F)ccc1OC. The Morgan fingerprint density at radius 1 is 1.20 bits per heavy atom. The van der Waals surface area contributed by atoms with E-state index in [-0.39, 0.29) is 25.3 Å². The van der Waals surface area contributed by atoms with E-state index in [0.717, 1.165) is 17.7 Å². The number of amides is 1. The lowest BCUT2D eigenvalue weighted by atomic mass is 10.0. The van der Waals surface area contributed by atoms with Crippen LogP contribution in [0, 0.1) is 12.7 Å². The first-order valence-corrected chi connectivity index (χ1v) is 14.0. The van der Waals surface area contributed by atoms with Crippen LogP contribution < -0.4 is 9.64 Å². The first-order chi connectivity index (χ1) is 19.7. The Kier molecular flexibility index (Phi) is 9.91. The standard InChI is InChI=1S/C27H34FN5O7S/c1-5-6-11-39-12-13-40-21(19-14-18(28)7-8-20(19)38-4)15-31-25-22(16(2)24(41-25)33-29-9-10-30-33)23(34)32(27(31)37)17(3)26(35)36/h7-10,14,17,21,27,37H,5-6,11-13,15H2,1-4H3,(H,35,36)/t17?,21-,27?/m0/s1. The molecule has 12 nitrogen and oxygen atoms in total. The van der Waals surface area contributed by atoms with Crippen molar-refractivity contribution in [2.45, 2.75) is 52.1 Å². The van der Waals surface area contributed by atoms with E-state index in [1.807, 2.05) is 0 Å². The Morgan fingerprint density at radius 3 is 2.59 bits per heavy atom. The van der Waals surface area contributed by atoms with Gasteiger partial charge in [-0.25, -0.2) is 9.18 Å². The number of aliphatic carboxylic acids is 1. The predicted molar refractivity (Wildman–Crippen MR) is 148 cm³/mol. The molecule has 1 aliphatic rings. The Morgan fingerprint density at radius 2 is 1.93 bits per heavy atom. The third-order valence-corrected chi connectivity index (χ3v) is 8.10. The number of unbranched alkanes of at least 4 members (excludes halogenated alkanes) is 1. The number of thiophene rings is 1. The van der Waals surface area contributed by atoms with Gasteiger partial charge in [0.25, 0.3) is 5.91 Å². The fourth-order valence-corrected chi connectivity index (χ4v) is 5.83. The van der Waals surface area contributed by atoms with Gasteiger partial charge in [-0.05, 0) is 38.5 Å². The summed E-state index contributed by atoms with van der Waals surface area (Å²) in [6.07, 6.45) is 2.35. The van der Waals surface area contributed by atoms with Crippen molar-refractivity contribution in [1.29, 1.82) is 0 Å². The minimum atomic E-state index is -1.66. The average Bonchev–Trinajstić information content (AvgIpc) is 3.59. The summed E-state index contributed by atoms with van der Waals surface area (Å²) >= 11 is 1.17. The van der Waals surface area contributed by atoms with E-state index in [2.05, 4.69) is 17.1 Å². The summed E-state index contributed by atoms with van der Waals surface area (Å²) in [6.45, 7) is 6.03. The van der Waals surface area contributed by atoms with Crippen molar-refractivity contribution < 1.29 is 38.4 Å². The number of carboxylic acid groups (broad SMARTS) is 1. The van der Waals surface area contributed by atoms with Gasteiger partial charge in [0.2, 0.25) is 6.35 Å². The van der Waals surface area contributed by atoms with Gasteiger partial charge in [-0.15, -0.1) is 4.80 Å². The van der Waals surface area contributed by atoms with Gasteiger partial charge in [0.15, 0.2) is 0 Å². The van der Waals surface area contributed by atoms with Gasteiger partial charge >= 0.3 is 5.97 Å². The van der Waals surface area contributed by atoms with Gasteiger partial charge in [0.1, 0.15) is 33.7 Å². The van der Waals surface area contributed by atoms with Crippen LogP contribution in [0.15, 0.2) is 30.6 Å². The molecule has 14 heteroatoms. The molecule has 1 aromatic carbocycles. The zero-order valence-electron chi connectivity index (χ0n) is 23.3. The van der Waals surface area contributed by atoms with E-state index >= 15 is 0 Å². The molecule has 3 aromatic rings. The summed E-state index contributed by atoms with van der Waals surface area (Å²) in [7, 11) is 1.45. The van der Waals surface area contributed by atoms with Crippen LogP contribution in [0.5, 0.6) is 5.75 Å². The second-order valence-corrected chi connectivity index (χ2v) is 10.4. The third kappa shape index (κ3) is 6.35. The maximum Gasteiger partial charge on any atom is 0.326 e. The number of carbonyl (C=O) groups excluding carboxylic acids is 1. The normalized spacial score (nSPS) is 16.5. The summed E-state index contributed by atoms with van der Waals surface area (Å²) in [5.41, 5.74) is 1.12. The van der Waals surface area contributed by atoms with E-state index in [4.69, 9.17) is 14.2 Å². The zero-order chi connectivity index (χ0) is 29.7. The molecule has 4 rings (SSSR count). The second kappa shape index (κ2) is 13.4. The number of carboxylic acids is 1. The Hall–Kier alpha value is -3.59. The van der Waals surface area contributed by atoms with Crippen molar-refractivity contribution >= 4 is 28.2 Å². The quantitative estimate of drug-likeness (QED) is 0.268. The largest absolute Gasteiger partial charge is 0.496 e. The number of methoxy groups -OCH3 is 1. The number of ether oxygens (including phenoxy) is 3. The van der Waals surface area contributed by atoms with Gasteiger partial charge in [-0.1, -0.05) is 24.7 Å². The highest BCUT2D eigenvalue weighted by atomic mass is 32.1. The van der Waals surface area contributed by atoms with E-state index < -0.39 is 36.2 Å². The maximum atomic E-state index is 14.5.